The van der Waals surface area contributed by atoms with Gasteiger partial charge in [0, 0.05) is 19.1 Å². The fraction of sp³-hybridized carbons (Fsp3) is 0.917. The van der Waals surface area contributed by atoms with Gasteiger partial charge < -0.3 is 15.5 Å². The van der Waals surface area contributed by atoms with Gasteiger partial charge in [0.1, 0.15) is 0 Å². The van der Waals surface area contributed by atoms with Crippen molar-refractivity contribution in [2.45, 2.75) is 44.7 Å². The van der Waals surface area contributed by atoms with E-state index in [0.717, 1.165) is 51.9 Å². The average molecular weight is 225 g/mol. The van der Waals surface area contributed by atoms with E-state index in [1.165, 1.54) is 0 Å². The van der Waals surface area contributed by atoms with Crippen molar-refractivity contribution in [2.24, 2.45) is 0 Å². The van der Waals surface area contributed by atoms with Crippen molar-refractivity contribution in [1.29, 1.82) is 0 Å². The van der Waals surface area contributed by atoms with Crippen LogP contribution in [0.25, 0.3) is 0 Å². The fourth-order valence-corrected chi connectivity index (χ4v) is 2.71. The molecule has 2 aliphatic rings. The molecule has 1 amide bonds. The summed E-state index contributed by atoms with van der Waals surface area (Å²) >= 11 is 0. The zero-order valence-electron chi connectivity index (χ0n) is 10.2. The molecule has 16 heavy (non-hydrogen) atoms. The molecule has 2 saturated heterocycles. The molecule has 4 nitrogen and oxygen atoms in total. The molecule has 4 heteroatoms. The van der Waals surface area contributed by atoms with Gasteiger partial charge in [-0.05, 0) is 38.8 Å². The predicted octanol–water partition coefficient (Wildman–Crippen LogP) is 0.339. The van der Waals surface area contributed by atoms with Gasteiger partial charge in [0.05, 0.1) is 6.04 Å². The summed E-state index contributed by atoms with van der Waals surface area (Å²) in [4.78, 5) is 14.1. The lowest BCUT2D eigenvalue weighted by Gasteiger charge is -2.33. The first-order valence-corrected chi connectivity index (χ1v) is 6.57. The third-order valence-electron chi connectivity index (χ3n) is 3.66. The Balaban J connectivity index is 1.77. The molecular weight excluding hydrogens is 202 g/mol. The van der Waals surface area contributed by atoms with Crippen molar-refractivity contribution < 1.29 is 4.79 Å². The summed E-state index contributed by atoms with van der Waals surface area (Å²) in [7, 11) is 0. The molecule has 0 aromatic carbocycles. The van der Waals surface area contributed by atoms with E-state index >= 15 is 0 Å². The van der Waals surface area contributed by atoms with Gasteiger partial charge >= 0.3 is 0 Å². The molecule has 2 rings (SSSR count). The Kier molecular flexibility index (Phi) is 4.18. The highest BCUT2D eigenvalue weighted by Crippen LogP contribution is 2.14. The molecular formula is C12H23N3O. The molecule has 1 atom stereocenters. The summed E-state index contributed by atoms with van der Waals surface area (Å²) in [6.07, 6.45) is 4.37. The maximum Gasteiger partial charge on any atom is 0.239 e. The van der Waals surface area contributed by atoms with Crippen LogP contribution in [0.3, 0.4) is 0 Å². The molecule has 2 fully saturated rings. The van der Waals surface area contributed by atoms with Crippen molar-refractivity contribution in [2.75, 3.05) is 26.2 Å². The van der Waals surface area contributed by atoms with Crippen LogP contribution in [0, 0.1) is 0 Å². The van der Waals surface area contributed by atoms with E-state index in [-0.39, 0.29) is 6.04 Å². The minimum absolute atomic E-state index is 0.107. The summed E-state index contributed by atoms with van der Waals surface area (Å²) in [6.45, 7) is 6.02. The number of carbonyl (C=O) groups excluding carboxylic acids is 1. The second-order valence-electron chi connectivity index (χ2n) is 4.81. The summed E-state index contributed by atoms with van der Waals surface area (Å²) in [5.41, 5.74) is 0. The summed E-state index contributed by atoms with van der Waals surface area (Å²) in [5, 5.41) is 6.74. The molecule has 0 aromatic rings. The highest BCUT2D eigenvalue weighted by molar-refractivity contribution is 5.82. The number of amides is 1. The normalized spacial score (nSPS) is 27.3. The van der Waals surface area contributed by atoms with Crippen LogP contribution in [-0.4, -0.2) is 49.1 Å². The second-order valence-corrected chi connectivity index (χ2v) is 4.81. The summed E-state index contributed by atoms with van der Waals surface area (Å²) < 4.78 is 0. The zero-order valence-corrected chi connectivity index (χ0v) is 10.2. The van der Waals surface area contributed by atoms with Crippen LogP contribution in [0.1, 0.15) is 32.6 Å². The van der Waals surface area contributed by atoms with E-state index in [9.17, 15) is 4.79 Å². The van der Waals surface area contributed by atoms with Crippen LogP contribution in [0.4, 0.5) is 0 Å². The number of nitrogens with zero attached hydrogens (tertiary/aromatic N) is 1. The van der Waals surface area contributed by atoms with Gasteiger partial charge in [-0.1, -0.05) is 6.92 Å². The minimum atomic E-state index is 0.107. The predicted molar refractivity (Wildman–Crippen MR) is 64.3 cm³/mol. The van der Waals surface area contributed by atoms with Crippen LogP contribution < -0.4 is 10.6 Å². The van der Waals surface area contributed by atoms with Crippen LogP contribution in [0.15, 0.2) is 0 Å². The molecule has 2 aliphatic heterocycles. The minimum Gasteiger partial charge on any atom is -0.341 e. The van der Waals surface area contributed by atoms with E-state index in [1.54, 1.807) is 0 Å². The molecule has 0 saturated carbocycles. The van der Waals surface area contributed by atoms with Gasteiger partial charge in [-0.2, -0.15) is 0 Å². The SMILES string of the molecule is CCNC1CCN(C(=O)C2CCCN2)CC1. The largest absolute Gasteiger partial charge is 0.341 e. The van der Waals surface area contributed by atoms with Crippen molar-refractivity contribution in [1.82, 2.24) is 15.5 Å². The monoisotopic (exact) mass is 225 g/mol. The maximum atomic E-state index is 12.1. The number of hydrogen-bond donors (Lipinski definition) is 2. The van der Waals surface area contributed by atoms with Gasteiger partial charge in [0.25, 0.3) is 0 Å². The Morgan fingerprint density at radius 3 is 2.69 bits per heavy atom. The first kappa shape index (κ1) is 11.9. The molecule has 1 unspecified atom stereocenters. The molecule has 0 aromatic heterocycles. The molecule has 0 radical (unpaired) electrons. The van der Waals surface area contributed by atoms with Crippen molar-refractivity contribution in [3.8, 4) is 0 Å². The van der Waals surface area contributed by atoms with Crippen molar-refractivity contribution in [3.05, 3.63) is 0 Å². The number of rotatable bonds is 3. The maximum absolute atomic E-state index is 12.1. The van der Waals surface area contributed by atoms with Crippen LogP contribution >= 0.6 is 0 Å². The van der Waals surface area contributed by atoms with Gasteiger partial charge in [0.15, 0.2) is 0 Å². The van der Waals surface area contributed by atoms with E-state index in [2.05, 4.69) is 17.6 Å². The Labute approximate surface area is 97.8 Å². The Bertz CT molecular complexity index is 230. The van der Waals surface area contributed by atoms with E-state index in [0.29, 0.717) is 11.9 Å². The lowest BCUT2D eigenvalue weighted by molar-refractivity contribution is -0.134. The number of piperidine rings is 1. The first-order valence-electron chi connectivity index (χ1n) is 6.57. The standard InChI is InChI=1S/C12H23N3O/c1-2-13-10-5-8-15(9-6-10)12(16)11-4-3-7-14-11/h10-11,13-14H,2-9H2,1H3. The first-order chi connectivity index (χ1) is 7.81. The van der Waals surface area contributed by atoms with Gasteiger partial charge in [0.2, 0.25) is 5.91 Å². The Morgan fingerprint density at radius 2 is 2.12 bits per heavy atom. The molecule has 0 bridgehead atoms. The van der Waals surface area contributed by atoms with Crippen LogP contribution in [0.2, 0.25) is 0 Å². The Hall–Kier alpha value is -0.610. The van der Waals surface area contributed by atoms with E-state index < -0.39 is 0 Å². The highest BCUT2D eigenvalue weighted by atomic mass is 16.2. The molecule has 2 N–H and O–H groups in total. The van der Waals surface area contributed by atoms with E-state index in [4.69, 9.17) is 0 Å². The average Bonchev–Trinajstić information content (AvgIpc) is 2.83. The molecule has 0 aliphatic carbocycles. The number of carbonyl (C=O) groups is 1. The van der Waals surface area contributed by atoms with Crippen molar-refractivity contribution >= 4 is 5.91 Å². The van der Waals surface area contributed by atoms with E-state index in [1.807, 2.05) is 4.90 Å². The molecule has 92 valence electrons. The Morgan fingerprint density at radius 1 is 1.38 bits per heavy atom. The number of nitrogens with one attached hydrogen (secondary N) is 2. The molecule has 2 heterocycles. The van der Waals surface area contributed by atoms with Crippen LogP contribution in [0.5, 0.6) is 0 Å². The lowest BCUT2D eigenvalue weighted by atomic mass is 10.0. The summed E-state index contributed by atoms with van der Waals surface area (Å²) in [5.74, 6) is 0.326. The fourth-order valence-electron chi connectivity index (χ4n) is 2.71. The third kappa shape index (κ3) is 2.74. The van der Waals surface area contributed by atoms with Gasteiger partial charge in [-0.25, -0.2) is 0 Å². The lowest BCUT2D eigenvalue weighted by Crippen LogP contribution is -2.50. The highest BCUT2D eigenvalue weighted by Gasteiger charge is 2.29. The zero-order chi connectivity index (χ0) is 11.4. The second kappa shape index (κ2) is 5.64. The molecule has 0 spiro atoms. The topological polar surface area (TPSA) is 44.4 Å². The quantitative estimate of drug-likeness (QED) is 0.728. The summed E-state index contributed by atoms with van der Waals surface area (Å²) in [6, 6.07) is 0.723. The van der Waals surface area contributed by atoms with Gasteiger partial charge in [-0.3, -0.25) is 4.79 Å². The third-order valence-corrected chi connectivity index (χ3v) is 3.66. The smallest absolute Gasteiger partial charge is 0.239 e. The van der Waals surface area contributed by atoms with Crippen LogP contribution in [-0.2, 0) is 4.79 Å². The number of hydrogen-bond acceptors (Lipinski definition) is 3. The van der Waals surface area contributed by atoms with Crippen molar-refractivity contribution in [3.63, 3.8) is 0 Å². The van der Waals surface area contributed by atoms with Gasteiger partial charge in [-0.15, -0.1) is 0 Å². The number of likely N-dealkylation sites (tertiary alicyclic amines) is 1.